The lowest BCUT2D eigenvalue weighted by Crippen LogP contribution is -2.08. The van der Waals surface area contributed by atoms with E-state index >= 15 is 0 Å². The molecule has 0 aliphatic heterocycles. The van der Waals surface area contributed by atoms with E-state index in [-0.39, 0.29) is 13.2 Å². The van der Waals surface area contributed by atoms with Gasteiger partial charge in [0, 0.05) is 21.9 Å². The molecule has 5 nitrogen and oxygen atoms in total. The number of carbonyl (C=O) groups excluding carboxylic acids is 1. The third-order valence-corrected chi connectivity index (χ3v) is 6.21. The van der Waals surface area contributed by atoms with E-state index in [1.807, 2.05) is 41.8 Å². The number of carbonyl (C=O) groups is 1. The van der Waals surface area contributed by atoms with Crippen molar-refractivity contribution in [3.63, 3.8) is 0 Å². The minimum absolute atomic E-state index is 0.169. The Labute approximate surface area is 210 Å². The molecule has 0 aliphatic rings. The third-order valence-electron chi connectivity index (χ3n) is 5.20. The Balaban J connectivity index is 1.74. The van der Waals surface area contributed by atoms with Crippen LogP contribution in [0.2, 0.25) is 5.02 Å². The molecule has 0 bridgehead atoms. The highest BCUT2D eigenvalue weighted by Gasteiger charge is 2.19. The van der Waals surface area contributed by atoms with Crippen LogP contribution in [0.15, 0.2) is 71.5 Å². The van der Waals surface area contributed by atoms with Crippen LogP contribution in [0.4, 0.5) is 4.39 Å². The largest absolute Gasteiger partial charge is 0.488 e. The van der Waals surface area contributed by atoms with E-state index in [4.69, 9.17) is 21.1 Å². The van der Waals surface area contributed by atoms with Crippen LogP contribution in [-0.2, 0) is 11.3 Å². The molecule has 34 heavy (non-hydrogen) atoms. The van der Waals surface area contributed by atoms with Crippen molar-refractivity contribution in [2.24, 2.45) is 0 Å². The number of nitrogens with zero attached hydrogens (tertiary/aromatic N) is 2. The lowest BCUT2D eigenvalue weighted by Gasteiger charge is -2.17. The molecule has 4 rings (SSSR count). The molecule has 0 atom stereocenters. The Kier molecular flexibility index (Phi) is 7.34. The molecular weight excluding hydrogens is 523 g/mol. The van der Waals surface area contributed by atoms with Gasteiger partial charge in [-0.25, -0.2) is 9.18 Å². The molecule has 0 saturated heterocycles. The SMILES string of the molecule is CCOC(=O)c1cncc(-n2c(C)ccc2-c2c(Br)cccc2OCc2ccc(F)cc2Cl)c1. The number of pyridine rings is 1. The van der Waals surface area contributed by atoms with Crippen molar-refractivity contribution < 1.29 is 18.7 Å². The van der Waals surface area contributed by atoms with Crippen LogP contribution in [0.5, 0.6) is 5.75 Å². The van der Waals surface area contributed by atoms with Crippen molar-refractivity contribution in [1.29, 1.82) is 0 Å². The highest BCUT2D eigenvalue weighted by atomic mass is 79.9. The quantitative estimate of drug-likeness (QED) is 0.232. The summed E-state index contributed by atoms with van der Waals surface area (Å²) in [4.78, 5) is 16.5. The summed E-state index contributed by atoms with van der Waals surface area (Å²) in [6.45, 7) is 4.18. The minimum atomic E-state index is -0.427. The Morgan fingerprint density at radius 3 is 2.74 bits per heavy atom. The van der Waals surface area contributed by atoms with Gasteiger partial charge >= 0.3 is 5.97 Å². The van der Waals surface area contributed by atoms with E-state index in [2.05, 4.69) is 20.9 Å². The van der Waals surface area contributed by atoms with Gasteiger partial charge < -0.3 is 14.0 Å². The number of esters is 1. The molecule has 0 amide bonds. The first-order valence-electron chi connectivity index (χ1n) is 10.6. The van der Waals surface area contributed by atoms with E-state index in [1.54, 1.807) is 25.3 Å². The number of ether oxygens (including phenoxy) is 2. The topological polar surface area (TPSA) is 53.3 Å². The Morgan fingerprint density at radius 2 is 1.97 bits per heavy atom. The summed E-state index contributed by atoms with van der Waals surface area (Å²) in [7, 11) is 0. The molecule has 174 valence electrons. The molecule has 0 saturated carbocycles. The molecule has 2 heterocycles. The second-order valence-electron chi connectivity index (χ2n) is 7.49. The van der Waals surface area contributed by atoms with Crippen molar-refractivity contribution >= 4 is 33.5 Å². The molecule has 4 aromatic rings. The first kappa shape index (κ1) is 24.0. The fourth-order valence-electron chi connectivity index (χ4n) is 3.62. The van der Waals surface area contributed by atoms with Crippen LogP contribution in [0.1, 0.15) is 28.5 Å². The Bertz CT molecular complexity index is 1360. The van der Waals surface area contributed by atoms with Crippen LogP contribution >= 0.6 is 27.5 Å². The van der Waals surface area contributed by atoms with Crippen molar-refractivity contribution in [2.75, 3.05) is 6.61 Å². The predicted octanol–water partition coefficient (Wildman–Crippen LogP) is 7.16. The maximum Gasteiger partial charge on any atom is 0.339 e. The number of aryl methyl sites for hydroxylation is 1. The summed E-state index contributed by atoms with van der Waals surface area (Å²) in [6.07, 6.45) is 3.17. The smallest absolute Gasteiger partial charge is 0.339 e. The number of aromatic nitrogens is 2. The van der Waals surface area contributed by atoms with Crippen LogP contribution < -0.4 is 4.74 Å². The van der Waals surface area contributed by atoms with E-state index in [0.717, 1.165) is 21.4 Å². The molecular formula is C26H21BrClFN2O3. The lowest BCUT2D eigenvalue weighted by molar-refractivity contribution is 0.0526. The van der Waals surface area contributed by atoms with E-state index in [0.29, 0.717) is 27.6 Å². The van der Waals surface area contributed by atoms with Crippen molar-refractivity contribution in [3.8, 4) is 22.7 Å². The van der Waals surface area contributed by atoms with Gasteiger partial charge in [-0.1, -0.05) is 23.7 Å². The predicted molar refractivity (Wildman–Crippen MR) is 133 cm³/mol. The van der Waals surface area contributed by atoms with Gasteiger partial charge in [0.2, 0.25) is 0 Å². The molecule has 0 fully saturated rings. The summed E-state index contributed by atoms with van der Waals surface area (Å²) >= 11 is 9.83. The maximum atomic E-state index is 13.4. The molecule has 0 aliphatic carbocycles. The zero-order valence-electron chi connectivity index (χ0n) is 18.5. The van der Waals surface area contributed by atoms with Crippen LogP contribution in [0.3, 0.4) is 0 Å². The normalized spacial score (nSPS) is 10.9. The van der Waals surface area contributed by atoms with Gasteiger partial charge in [0.15, 0.2) is 0 Å². The highest BCUT2D eigenvalue weighted by Crippen LogP contribution is 2.39. The first-order chi connectivity index (χ1) is 16.4. The number of rotatable bonds is 7. The minimum Gasteiger partial charge on any atom is -0.488 e. The summed E-state index contributed by atoms with van der Waals surface area (Å²) < 4.78 is 27.5. The van der Waals surface area contributed by atoms with Gasteiger partial charge in [-0.2, -0.15) is 0 Å². The standard InChI is InChI=1S/C26H21BrClFN2O3/c1-3-33-26(32)18-11-20(14-30-13-18)31-16(2)7-10-23(31)25-21(27)5-4-6-24(25)34-15-17-8-9-19(29)12-22(17)28/h4-14H,3,15H2,1-2H3. The summed E-state index contributed by atoms with van der Waals surface area (Å²) in [5, 5.41) is 0.303. The lowest BCUT2D eigenvalue weighted by atomic mass is 10.1. The second-order valence-corrected chi connectivity index (χ2v) is 8.75. The van der Waals surface area contributed by atoms with Gasteiger partial charge in [0.25, 0.3) is 0 Å². The highest BCUT2D eigenvalue weighted by molar-refractivity contribution is 9.10. The molecule has 2 aromatic heterocycles. The summed E-state index contributed by atoms with van der Waals surface area (Å²) in [6, 6.07) is 15.6. The van der Waals surface area contributed by atoms with E-state index in [1.165, 1.54) is 18.3 Å². The van der Waals surface area contributed by atoms with Crippen LogP contribution in [-0.4, -0.2) is 22.1 Å². The summed E-state index contributed by atoms with van der Waals surface area (Å²) in [5.41, 5.74) is 4.36. The number of hydrogen-bond acceptors (Lipinski definition) is 4. The van der Waals surface area contributed by atoms with Gasteiger partial charge in [-0.15, -0.1) is 0 Å². The molecule has 0 unspecified atom stereocenters. The van der Waals surface area contributed by atoms with E-state index < -0.39 is 11.8 Å². The first-order valence-corrected chi connectivity index (χ1v) is 11.7. The zero-order valence-corrected chi connectivity index (χ0v) is 20.9. The molecule has 0 spiro atoms. The Hall–Kier alpha value is -3.16. The maximum absolute atomic E-state index is 13.4. The number of halogens is 3. The Morgan fingerprint density at radius 1 is 1.15 bits per heavy atom. The van der Waals surface area contributed by atoms with Crippen LogP contribution in [0.25, 0.3) is 16.9 Å². The third kappa shape index (κ3) is 5.00. The van der Waals surface area contributed by atoms with Crippen molar-refractivity contribution in [2.45, 2.75) is 20.5 Å². The second kappa shape index (κ2) is 10.4. The fourth-order valence-corrected chi connectivity index (χ4v) is 4.39. The average Bonchev–Trinajstić information content (AvgIpc) is 3.19. The van der Waals surface area contributed by atoms with E-state index in [9.17, 15) is 9.18 Å². The van der Waals surface area contributed by atoms with Gasteiger partial charge in [0.05, 0.1) is 40.3 Å². The number of hydrogen-bond donors (Lipinski definition) is 0. The zero-order chi connectivity index (χ0) is 24.2. The number of benzene rings is 2. The van der Waals surface area contributed by atoms with Crippen molar-refractivity contribution in [3.05, 3.63) is 99.1 Å². The fraction of sp³-hybridized carbons (Fsp3) is 0.154. The summed E-state index contributed by atoms with van der Waals surface area (Å²) in [5.74, 6) is -0.211. The van der Waals surface area contributed by atoms with Gasteiger partial charge in [-0.05, 0) is 72.2 Å². The van der Waals surface area contributed by atoms with Crippen molar-refractivity contribution in [1.82, 2.24) is 9.55 Å². The molecule has 0 radical (unpaired) electrons. The monoisotopic (exact) mass is 542 g/mol. The van der Waals surface area contributed by atoms with Crippen LogP contribution in [0, 0.1) is 12.7 Å². The average molecular weight is 544 g/mol. The molecule has 2 aromatic carbocycles. The molecule has 0 N–H and O–H groups in total. The van der Waals surface area contributed by atoms with Gasteiger partial charge in [-0.3, -0.25) is 4.98 Å². The van der Waals surface area contributed by atoms with Gasteiger partial charge in [0.1, 0.15) is 18.2 Å². The molecule has 8 heteroatoms.